The van der Waals surface area contributed by atoms with Crippen LogP contribution in [0.4, 0.5) is 11.6 Å². The number of benzene rings is 2. The summed E-state index contributed by atoms with van der Waals surface area (Å²) in [7, 11) is 1.64. The lowest BCUT2D eigenvalue weighted by molar-refractivity contribution is 0.414. The van der Waals surface area contributed by atoms with Gasteiger partial charge in [0.25, 0.3) is 0 Å². The van der Waals surface area contributed by atoms with Crippen molar-refractivity contribution in [1.29, 1.82) is 5.26 Å². The lowest BCUT2D eigenvalue weighted by atomic mass is 10.1. The van der Waals surface area contributed by atoms with Crippen LogP contribution in [-0.4, -0.2) is 38.3 Å². The van der Waals surface area contributed by atoms with Gasteiger partial charge in [-0.25, -0.2) is 4.98 Å². The second-order valence-electron chi connectivity index (χ2n) is 6.85. The average Bonchev–Trinajstić information content (AvgIpc) is 3.17. The second-order valence-corrected chi connectivity index (χ2v) is 7.29. The summed E-state index contributed by atoms with van der Waals surface area (Å²) in [6.07, 6.45) is 0.529. The molecule has 1 aliphatic rings. The molecule has 0 atom stereocenters. The molecule has 7 heteroatoms. The largest absolute Gasteiger partial charge is 0.497 e. The van der Waals surface area contributed by atoms with E-state index in [2.05, 4.69) is 26.9 Å². The van der Waals surface area contributed by atoms with Crippen LogP contribution in [-0.2, 0) is 6.42 Å². The molecule has 1 aromatic heterocycles. The van der Waals surface area contributed by atoms with Crippen molar-refractivity contribution in [3.8, 4) is 11.8 Å². The van der Waals surface area contributed by atoms with Crippen molar-refractivity contribution in [3.05, 3.63) is 70.7 Å². The summed E-state index contributed by atoms with van der Waals surface area (Å²) in [5.41, 5.74) is 2.49. The van der Waals surface area contributed by atoms with Crippen molar-refractivity contribution in [1.82, 2.24) is 4.98 Å². The number of oxazole rings is 1. The van der Waals surface area contributed by atoms with Crippen molar-refractivity contribution in [3.63, 3.8) is 0 Å². The van der Waals surface area contributed by atoms with E-state index < -0.39 is 0 Å². The monoisotopic (exact) mass is 408 g/mol. The van der Waals surface area contributed by atoms with Crippen LogP contribution < -0.4 is 14.5 Å². The standard InChI is InChI=1S/C22H21ClN4O2/c1-28-19-7-5-16(6-8-19)13-21-25-20(15-24)22(29-21)27-11-9-26(10-12-27)18-4-2-3-17(23)14-18/h2-8,14H,9-13H2,1H3. The third-order valence-electron chi connectivity index (χ3n) is 5.01. The van der Waals surface area contributed by atoms with Gasteiger partial charge in [0.2, 0.25) is 17.5 Å². The van der Waals surface area contributed by atoms with E-state index in [0.29, 0.717) is 23.9 Å². The van der Waals surface area contributed by atoms with Gasteiger partial charge in [0, 0.05) is 43.3 Å². The highest BCUT2D eigenvalue weighted by atomic mass is 35.5. The molecule has 0 spiro atoms. The van der Waals surface area contributed by atoms with E-state index in [-0.39, 0.29) is 0 Å². The van der Waals surface area contributed by atoms with Crippen LogP contribution >= 0.6 is 11.6 Å². The highest BCUT2D eigenvalue weighted by molar-refractivity contribution is 6.30. The first-order chi connectivity index (χ1) is 14.2. The molecule has 2 heterocycles. The Morgan fingerprint density at radius 3 is 2.48 bits per heavy atom. The first kappa shape index (κ1) is 19.2. The summed E-state index contributed by atoms with van der Waals surface area (Å²) in [5, 5.41) is 10.2. The Kier molecular flexibility index (Phi) is 5.59. The molecular weight excluding hydrogens is 388 g/mol. The van der Waals surface area contributed by atoms with Crippen molar-refractivity contribution in [2.24, 2.45) is 0 Å². The molecule has 0 unspecified atom stereocenters. The van der Waals surface area contributed by atoms with Gasteiger partial charge in [-0.3, -0.25) is 0 Å². The Balaban J connectivity index is 1.45. The smallest absolute Gasteiger partial charge is 0.234 e. The molecule has 0 saturated carbocycles. The Hall–Kier alpha value is -3.17. The molecule has 6 nitrogen and oxygen atoms in total. The quantitative estimate of drug-likeness (QED) is 0.632. The molecule has 148 valence electrons. The Morgan fingerprint density at radius 2 is 1.83 bits per heavy atom. The highest BCUT2D eigenvalue weighted by Gasteiger charge is 2.24. The third kappa shape index (κ3) is 4.30. The molecule has 3 aromatic rings. The number of ether oxygens (including phenoxy) is 1. The first-order valence-electron chi connectivity index (χ1n) is 9.44. The van der Waals surface area contributed by atoms with Crippen molar-refractivity contribution >= 4 is 23.2 Å². The molecule has 29 heavy (non-hydrogen) atoms. The number of rotatable bonds is 5. The van der Waals surface area contributed by atoms with Crippen LogP contribution in [0.2, 0.25) is 5.02 Å². The van der Waals surface area contributed by atoms with Crippen LogP contribution in [0.1, 0.15) is 17.1 Å². The van der Waals surface area contributed by atoms with E-state index >= 15 is 0 Å². The van der Waals surface area contributed by atoms with Crippen molar-refractivity contribution in [2.45, 2.75) is 6.42 Å². The summed E-state index contributed by atoms with van der Waals surface area (Å²) in [4.78, 5) is 8.77. The number of nitriles is 1. The highest BCUT2D eigenvalue weighted by Crippen LogP contribution is 2.27. The number of piperazine rings is 1. The molecule has 0 radical (unpaired) electrons. The molecule has 2 aromatic carbocycles. The number of aromatic nitrogens is 1. The van der Waals surface area contributed by atoms with Gasteiger partial charge in [0.15, 0.2) is 0 Å². The number of hydrogen-bond acceptors (Lipinski definition) is 6. The predicted octanol–water partition coefficient (Wildman–Crippen LogP) is 4.13. The zero-order valence-electron chi connectivity index (χ0n) is 16.1. The van der Waals surface area contributed by atoms with Crippen LogP contribution in [0.15, 0.2) is 52.9 Å². The number of nitrogens with zero attached hydrogens (tertiary/aromatic N) is 4. The van der Waals surface area contributed by atoms with Gasteiger partial charge in [-0.2, -0.15) is 5.26 Å². The van der Waals surface area contributed by atoms with Gasteiger partial charge >= 0.3 is 0 Å². The van der Waals surface area contributed by atoms with Gasteiger partial charge in [-0.1, -0.05) is 29.8 Å². The maximum absolute atomic E-state index is 9.52. The van der Waals surface area contributed by atoms with Gasteiger partial charge in [0.1, 0.15) is 11.8 Å². The van der Waals surface area contributed by atoms with Crippen molar-refractivity contribution < 1.29 is 9.15 Å². The fourth-order valence-corrected chi connectivity index (χ4v) is 3.66. The van der Waals surface area contributed by atoms with E-state index in [1.165, 1.54) is 0 Å². The van der Waals surface area contributed by atoms with E-state index in [0.717, 1.165) is 48.2 Å². The maximum Gasteiger partial charge on any atom is 0.234 e. The molecule has 0 aliphatic carbocycles. The van der Waals surface area contributed by atoms with Gasteiger partial charge < -0.3 is 19.0 Å². The van der Waals surface area contributed by atoms with Gasteiger partial charge in [-0.05, 0) is 35.9 Å². The average molecular weight is 409 g/mol. The fourth-order valence-electron chi connectivity index (χ4n) is 3.48. The summed E-state index contributed by atoms with van der Waals surface area (Å²) < 4.78 is 11.2. The minimum Gasteiger partial charge on any atom is -0.497 e. The van der Waals surface area contributed by atoms with Gasteiger partial charge in [0.05, 0.1) is 7.11 Å². The van der Waals surface area contributed by atoms with Crippen LogP contribution in [0, 0.1) is 11.3 Å². The van der Waals surface area contributed by atoms with E-state index in [1.54, 1.807) is 7.11 Å². The summed E-state index contributed by atoms with van der Waals surface area (Å²) in [5.74, 6) is 1.90. The van der Waals surface area contributed by atoms with E-state index in [4.69, 9.17) is 20.8 Å². The Labute approximate surface area is 174 Å². The zero-order chi connectivity index (χ0) is 20.2. The number of halogens is 1. The lowest BCUT2D eigenvalue weighted by Crippen LogP contribution is -2.46. The maximum atomic E-state index is 9.52. The lowest BCUT2D eigenvalue weighted by Gasteiger charge is -2.36. The minimum atomic E-state index is 0.338. The number of methoxy groups -OCH3 is 1. The molecule has 0 amide bonds. The first-order valence-corrected chi connectivity index (χ1v) is 9.82. The number of anilines is 2. The van der Waals surface area contributed by atoms with Crippen LogP contribution in [0.3, 0.4) is 0 Å². The Morgan fingerprint density at radius 1 is 1.10 bits per heavy atom. The van der Waals surface area contributed by atoms with Crippen LogP contribution in [0.25, 0.3) is 0 Å². The fraction of sp³-hybridized carbons (Fsp3) is 0.273. The van der Waals surface area contributed by atoms with Crippen LogP contribution in [0.5, 0.6) is 5.75 Å². The Bertz CT molecular complexity index is 1020. The topological polar surface area (TPSA) is 65.5 Å². The normalized spacial score (nSPS) is 14.0. The summed E-state index contributed by atoms with van der Waals surface area (Å²) in [6, 6.07) is 17.8. The molecule has 1 aliphatic heterocycles. The number of hydrogen-bond donors (Lipinski definition) is 0. The summed E-state index contributed by atoms with van der Waals surface area (Å²) in [6.45, 7) is 3.14. The molecule has 1 fully saturated rings. The molecule has 0 N–H and O–H groups in total. The predicted molar refractivity (Wildman–Crippen MR) is 113 cm³/mol. The van der Waals surface area contributed by atoms with E-state index in [1.807, 2.05) is 42.5 Å². The molecular formula is C22H21ClN4O2. The van der Waals surface area contributed by atoms with E-state index in [9.17, 15) is 5.26 Å². The molecule has 0 bridgehead atoms. The minimum absolute atomic E-state index is 0.338. The SMILES string of the molecule is COc1ccc(Cc2nc(C#N)c(N3CCN(c4cccc(Cl)c4)CC3)o2)cc1. The summed E-state index contributed by atoms with van der Waals surface area (Å²) >= 11 is 6.11. The van der Waals surface area contributed by atoms with Crippen molar-refractivity contribution in [2.75, 3.05) is 43.1 Å². The van der Waals surface area contributed by atoms with Gasteiger partial charge in [-0.15, -0.1) is 0 Å². The molecule has 4 rings (SSSR count). The second kappa shape index (κ2) is 8.46. The molecule has 1 saturated heterocycles. The zero-order valence-corrected chi connectivity index (χ0v) is 16.9. The third-order valence-corrected chi connectivity index (χ3v) is 5.25.